The smallest absolute Gasteiger partial charge is 0.257 e. The van der Waals surface area contributed by atoms with Crippen LogP contribution in [0.15, 0.2) is 40.0 Å². The van der Waals surface area contributed by atoms with Crippen LogP contribution in [0.4, 0.5) is 5.13 Å². The number of aromatic amines is 1. The fourth-order valence-electron chi connectivity index (χ4n) is 3.98. The minimum Gasteiger partial charge on any atom is -0.346 e. The zero-order valence-corrected chi connectivity index (χ0v) is 17.2. The summed E-state index contributed by atoms with van der Waals surface area (Å²) in [7, 11) is 0. The van der Waals surface area contributed by atoms with Crippen molar-refractivity contribution in [2.45, 2.75) is 18.9 Å². The number of anilines is 1. The molecule has 1 aliphatic heterocycles. The zero-order valence-electron chi connectivity index (χ0n) is 14.8. The normalized spacial score (nSPS) is 20.7. The minimum atomic E-state index is 0. The molecule has 2 aliphatic rings. The van der Waals surface area contributed by atoms with Crippen LogP contribution in [-0.4, -0.2) is 47.1 Å². The maximum absolute atomic E-state index is 12.3. The lowest BCUT2D eigenvalue weighted by molar-refractivity contribution is 0.214. The van der Waals surface area contributed by atoms with Crippen molar-refractivity contribution in [1.82, 2.24) is 14.9 Å². The third-order valence-electron chi connectivity index (χ3n) is 5.39. The van der Waals surface area contributed by atoms with Crippen LogP contribution in [-0.2, 0) is 0 Å². The Hall–Kier alpha value is -1.67. The molecule has 5 rings (SSSR count). The van der Waals surface area contributed by atoms with E-state index in [1.807, 2.05) is 23.0 Å². The van der Waals surface area contributed by atoms with Gasteiger partial charge in [0.15, 0.2) is 5.13 Å². The van der Waals surface area contributed by atoms with E-state index >= 15 is 0 Å². The summed E-state index contributed by atoms with van der Waals surface area (Å²) in [6.45, 7) is 4.19. The highest BCUT2D eigenvalue weighted by Crippen LogP contribution is 2.32. The van der Waals surface area contributed by atoms with Gasteiger partial charge in [0.1, 0.15) is 0 Å². The van der Waals surface area contributed by atoms with Crippen LogP contribution in [0.25, 0.3) is 15.7 Å². The Morgan fingerprint density at radius 3 is 2.78 bits per heavy atom. The average Bonchev–Trinajstić information content (AvgIpc) is 3.41. The second-order valence-corrected chi connectivity index (χ2v) is 8.67. The van der Waals surface area contributed by atoms with E-state index in [4.69, 9.17) is 0 Å². The first-order valence-corrected chi connectivity index (χ1v) is 10.7. The highest BCUT2D eigenvalue weighted by atomic mass is 35.5. The molecule has 3 aromatic rings. The van der Waals surface area contributed by atoms with E-state index < -0.39 is 0 Å². The number of thiophene rings is 1. The number of thiazole rings is 1. The second-order valence-electron chi connectivity index (χ2n) is 6.85. The monoisotopic (exact) mass is 420 g/mol. The topological polar surface area (TPSA) is 52.2 Å². The first-order chi connectivity index (χ1) is 12.8. The molecule has 3 aromatic heterocycles. The number of aromatic nitrogens is 2. The highest BCUT2D eigenvalue weighted by molar-refractivity contribution is 7.17. The summed E-state index contributed by atoms with van der Waals surface area (Å²) in [5.74, 6) is 0. The lowest BCUT2D eigenvalue weighted by atomic mass is 10.1. The Kier molecular flexibility index (Phi) is 5.36. The maximum atomic E-state index is 12.3. The summed E-state index contributed by atoms with van der Waals surface area (Å²) in [4.78, 5) is 24.7. The molecule has 1 atom stereocenters. The molecule has 5 nitrogen and oxygen atoms in total. The van der Waals surface area contributed by atoms with E-state index in [1.165, 1.54) is 5.57 Å². The van der Waals surface area contributed by atoms with Gasteiger partial charge in [0, 0.05) is 54.2 Å². The van der Waals surface area contributed by atoms with Gasteiger partial charge in [-0.05, 0) is 35.9 Å². The molecule has 0 amide bonds. The van der Waals surface area contributed by atoms with E-state index in [1.54, 1.807) is 22.7 Å². The number of hydrogen-bond donors (Lipinski definition) is 1. The Bertz CT molecular complexity index is 1000. The van der Waals surface area contributed by atoms with Gasteiger partial charge in [0.25, 0.3) is 5.56 Å². The largest absolute Gasteiger partial charge is 0.346 e. The second kappa shape index (κ2) is 7.75. The molecule has 8 heteroatoms. The van der Waals surface area contributed by atoms with Gasteiger partial charge in [0.05, 0.1) is 5.39 Å². The Labute approximate surface area is 171 Å². The van der Waals surface area contributed by atoms with Gasteiger partial charge in [-0.1, -0.05) is 6.08 Å². The molecule has 1 aliphatic carbocycles. The Balaban J connectivity index is 0.00000180. The van der Waals surface area contributed by atoms with Crippen molar-refractivity contribution in [3.63, 3.8) is 0 Å². The van der Waals surface area contributed by atoms with E-state index in [-0.39, 0.29) is 18.0 Å². The number of rotatable bonds is 3. The first kappa shape index (κ1) is 18.7. The molecule has 0 radical (unpaired) electrons. The Morgan fingerprint density at radius 2 is 2.00 bits per heavy atom. The number of pyridine rings is 1. The molecule has 1 saturated heterocycles. The van der Waals surface area contributed by atoms with Crippen molar-refractivity contribution in [2.24, 2.45) is 0 Å². The number of nitrogens with zero attached hydrogens (tertiary/aromatic N) is 3. The van der Waals surface area contributed by atoms with Gasteiger partial charge in [0.2, 0.25) is 0 Å². The van der Waals surface area contributed by atoms with Crippen LogP contribution < -0.4 is 10.5 Å². The van der Waals surface area contributed by atoms with E-state index in [9.17, 15) is 4.79 Å². The number of H-pyrrole nitrogens is 1. The summed E-state index contributed by atoms with van der Waals surface area (Å²) in [6.07, 6.45) is 6.41. The minimum absolute atomic E-state index is 0. The molecule has 4 heterocycles. The molecule has 0 saturated carbocycles. The van der Waals surface area contributed by atoms with Crippen LogP contribution in [0.2, 0.25) is 0 Å². The lowest BCUT2D eigenvalue weighted by Crippen LogP contribution is -2.49. The van der Waals surface area contributed by atoms with Crippen molar-refractivity contribution in [1.29, 1.82) is 0 Å². The molecule has 1 N–H and O–H groups in total. The van der Waals surface area contributed by atoms with Gasteiger partial charge >= 0.3 is 0 Å². The van der Waals surface area contributed by atoms with Crippen LogP contribution in [0.1, 0.15) is 18.5 Å². The van der Waals surface area contributed by atoms with Crippen molar-refractivity contribution < 1.29 is 0 Å². The number of piperazine rings is 1. The lowest BCUT2D eigenvalue weighted by Gasteiger charge is -2.37. The molecule has 0 aromatic carbocycles. The van der Waals surface area contributed by atoms with Crippen LogP contribution >= 0.6 is 35.1 Å². The van der Waals surface area contributed by atoms with Gasteiger partial charge in [-0.3, -0.25) is 9.69 Å². The average molecular weight is 421 g/mol. The standard InChI is InChI=1S/C19H20N4OS2.ClH/c24-18-15-3-9-25-17(15)12-16(21-18)13-1-2-14(11-13)22-5-7-23(8-6-22)19-20-4-10-26-19;/h3-4,9-12,14H,1-2,5-8H2,(H,21,24);1H/t14-;/m1./s1. The molecule has 27 heavy (non-hydrogen) atoms. The molecule has 142 valence electrons. The Morgan fingerprint density at radius 1 is 1.15 bits per heavy atom. The van der Waals surface area contributed by atoms with Crippen LogP contribution in [0.5, 0.6) is 0 Å². The molecule has 0 unspecified atom stereocenters. The zero-order chi connectivity index (χ0) is 17.5. The third-order valence-corrected chi connectivity index (χ3v) is 7.08. The summed E-state index contributed by atoms with van der Waals surface area (Å²) < 4.78 is 1.07. The number of hydrogen-bond acceptors (Lipinski definition) is 6. The number of allylic oxidation sites excluding steroid dienone is 1. The SMILES string of the molecule is Cl.O=c1[nH]c(C2=C[C@H](N3CCN(c4nccs4)CC3)CC2)cc2sccc12. The predicted octanol–water partition coefficient (Wildman–Crippen LogP) is 3.84. The summed E-state index contributed by atoms with van der Waals surface area (Å²) in [6, 6.07) is 4.51. The number of halogens is 1. The quantitative estimate of drug-likeness (QED) is 0.699. The van der Waals surface area contributed by atoms with Gasteiger partial charge in [-0.2, -0.15) is 0 Å². The van der Waals surface area contributed by atoms with Crippen molar-refractivity contribution >= 4 is 55.9 Å². The third kappa shape index (κ3) is 3.57. The fourth-order valence-corrected chi connectivity index (χ4v) is 5.50. The summed E-state index contributed by atoms with van der Waals surface area (Å²) in [5.41, 5.74) is 2.30. The van der Waals surface area contributed by atoms with Crippen molar-refractivity contribution in [3.8, 4) is 0 Å². The molecular formula is C19H21ClN4OS2. The molecule has 0 spiro atoms. The van der Waals surface area contributed by atoms with Gasteiger partial charge < -0.3 is 9.88 Å². The van der Waals surface area contributed by atoms with Crippen molar-refractivity contribution in [2.75, 3.05) is 31.1 Å². The number of nitrogens with one attached hydrogen (secondary N) is 1. The van der Waals surface area contributed by atoms with Crippen LogP contribution in [0.3, 0.4) is 0 Å². The van der Waals surface area contributed by atoms with E-state index in [0.29, 0.717) is 6.04 Å². The van der Waals surface area contributed by atoms with E-state index in [2.05, 4.69) is 31.9 Å². The predicted molar refractivity (Wildman–Crippen MR) is 117 cm³/mol. The first-order valence-electron chi connectivity index (χ1n) is 8.98. The fraction of sp³-hybridized carbons (Fsp3) is 0.368. The number of fused-ring (bicyclic) bond motifs is 1. The maximum Gasteiger partial charge on any atom is 0.257 e. The summed E-state index contributed by atoms with van der Waals surface area (Å²) in [5, 5.41) is 5.96. The van der Waals surface area contributed by atoms with Crippen molar-refractivity contribution in [3.05, 3.63) is 51.2 Å². The molecule has 1 fully saturated rings. The molecule has 0 bridgehead atoms. The van der Waals surface area contributed by atoms with Crippen LogP contribution in [0, 0.1) is 0 Å². The summed E-state index contributed by atoms with van der Waals surface area (Å²) >= 11 is 3.35. The highest BCUT2D eigenvalue weighted by Gasteiger charge is 2.27. The molecular weight excluding hydrogens is 400 g/mol. The van der Waals surface area contributed by atoms with Gasteiger partial charge in [-0.15, -0.1) is 35.1 Å². The van der Waals surface area contributed by atoms with Gasteiger partial charge in [-0.25, -0.2) is 4.98 Å². The van der Waals surface area contributed by atoms with E-state index in [0.717, 1.165) is 59.9 Å².